The molecule has 98 valence electrons. The zero-order valence-corrected chi connectivity index (χ0v) is 11.7. The average molecular weight is 265 g/mol. The van der Waals surface area contributed by atoms with E-state index >= 15 is 0 Å². The Balaban J connectivity index is 1.73. The molecule has 1 unspecified atom stereocenters. The lowest BCUT2D eigenvalue weighted by Gasteiger charge is -2.28. The first-order valence-electron chi connectivity index (χ1n) is 6.95. The van der Waals surface area contributed by atoms with E-state index in [1.165, 1.54) is 36.9 Å². The Morgan fingerprint density at radius 2 is 2.11 bits per heavy atom. The van der Waals surface area contributed by atoms with Crippen molar-refractivity contribution in [2.24, 2.45) is 0 Å². The van der Waals surface area contributed by atoms with E-state index in [0.717, 1.165) is 30.2 Å². The maximum absolute atomic E-state index is 6.22. The van der Waals surface area contributed by atoms with Crippen molar-refractivity contribution in [1.82, 2.24) is 10.2 Å². The SMILES string of the molecule is Cc1ccc(CN(C2CC2)C2CCNC2)cc1Cl. The van der Waals surface area contributed by atoms with Crippen molar-refractivity contribution in [3.63, 3.8) is 0 Å². The Morgan fingerprint density at radius 1 is 1.28 bits per heavy atom. The number of nitrogens with zero attached hydrogens (tertiary/aromatic N) is 1. The molecule has 1 atom stereocenters. The molecule has 1 N–H and O–H groups in total. The minimum Gasteiger partial charge on any atom is -0.315 e. The summed E-state index contributed by atoms with van der Waals surface area (Å²) < 4.78 is 0. The van der Waals surface area contributed by atoms with Gasteiger partial charge in [-0.2, -0.15) is 0 Å². The number of benzene rings is 1. The van der Waals surface area contributed by atoms with E-state index in [4.69, 9.17) is 11.6 Å². The van der Waals surface area contributed by atoms with Gasteiger partial charge in [-0.05, 0) is 49.9 Å². The summed E-state index contributed by atoms with van der Waals surface area (Å²) in [7, 11) is 0. The van der Waals surface area contributed by atoms with Crippen molar-refractivity contribution in [2.45, 2.75) is 44.8 Å². The monoisotopic (exact) mass is 264 g/mol. The summed E-state index contributed by atoms with van der Waals surface area (Å²) in [6, 6.07) is 8.02. The smallest absolute Gasteiger partial charge is 0.0438 e. The molecule has 1 aliphatic carbocycles. The van der Waals surface area contributed by atoms with Gasteiger partial charge in [0.1, 0.15) is 0 Å². The van der Waals surface area contributed by atoms with Gasteiger partial charge < -0.3 is 5.32 Å². The Kier molecular flexibility index (Phi) is 3.60. The van der Waals surface area contributed by atoms with Crippen molar-refractivity contribution in [3.05, 3.63) is 34.3 Å². The van der Waals surface area contributed by atoms with Crippen LogP contribution in [0, 0.1) is 6.92 Å². The first kappa shape index (κ1) is 12.5. The Morgan fingerprint density at radius 3 is 2.72 bits per heavy atom. The topological polar surface area (TPSA) is 15.3 Å². The molecule has 2 fully saturated rings. The van der Waals surface area contributed by atoms with Crippen LogP contribution < -0.4 is 5.32 Å². The Bertz CT molecular complexity index is 423. The third-order valence-electron chi connectivity index (χ3n) is 4.12. The summed E-state index contributed by atoms with van der Waals surface area (Å²) in [5.41, 5.74) is 2.52. The zero-order chi connectivity index (χ0) is 12.5. The van der Waals surface area contributed by atoms with Crippen LogP contribution in [0.4, 0.5) is 0 Å². The van der Waals surface area contributed by atoms with Gasteiger partial charge in [-0.25, -0.2) is 0 Å². The van der Waals surface area contributed by atoms with Gasteiger partial charge in [-0.1, -0.05) is 23.7 Å². The third kappa shape index (κ3) is 2.71. The van der Waals surface area contributed by atoms with Gasteiger partial charge in [0.15, 0.2) is 0 Å². The first-order chi connectivity index (χ1) is 8.74. The van der Waals surface area contributed by atoms with Gasteiger partial charge in [-0.15, -0.1) is 0 Å². The van der Waals surface area contributed by atoms with E-state index in [9.17, 15) is 0 Å². The van der Waals surface area contributed by atoms with Gasteiger partial charge in [0.05, 0.1) is 0 Å². The molecule has 0 amide bonds. The number of aryl methyl sites for hydroxylation is 1. The van der Waals surface area contributed by atoms with Crippen molar-refractivity contribution in [3.8, 4) is 0 Å². The second-order valence-electron chi connectivity index (χ2n) is 5.63. The lowest BCUT2D eigenvalue weighted by atomic mass is 10.1. The van der Waals surface area contributed by atoms with E-state index < -0.39 is 0 Å². The molecule has 0 spiro atoms. The fraction of sp³-hybridized carbons (Fsp3) is 0.600. The van der Waals surface area contributed by atoms with E-state index in [-0.39, 0.29) is 0 Å². The molecular weight excluding hydrogens is 244 g/mol. The standard InChI is InChI=1S/C15H21ClN2/c1-11-2-3-12(8-15(11)16)10-18(13-4-5-13)14-6-7-17-9-14/h2-3,8,13-14,17H,4-7,9-10H2,1H3. The number of hydrogen-bond donors (Lipinski definition) is 1. The number of hydrogen-bond acceptors (Lipinski definition) is 2. The third-order valence-corrected chi connectivity index (χ3v) is 4.53. The number of nitrogens with one attached hydrogen (secondary N) is 1. The van der Waals surface area contributed by atoms with Crippen molar-refractivity contribution in [1.29, 1.82) is 0 Å². The summed E-state index contributed by atoms with van der Waals surface area (Å²) >= 11 is 6.22. The molecular formula is C15H21ClN2. The molecule has 0 bridgehead atoms. The van der Waals surface area contributed by atoms with Gasteiger partial charge in [0.25, 0.3) is 0 Å². The molecule has 2 nitrogen and oxygen atoms in total. The molecule has 18 heavy (non-hydrogen) atoms. The Hall–Kier alpha value is -0.570. The zero-order valence-electron chi connectivity index (χ0n) is 11.0. The van der Waals surface area contributed by atoms with Crippen LogP contribution in [0.3, 0.4) is 0 Å². The van der Waals surface area contributed by atoms with Crippen LogP contribution >= 0.6 is 11.6 Å². The summed E-state index contributed by atoms with van der Waals surface area (Å²) in [5.74, 6) is 0. The summed E-state index contributed by atoms with van der Waals surface area (Å²) in [6.45, 7) is 5.43. The van der Waals surface area contributed by atoms with Crippen LogP contribution in [0.1, 0.15) is 30.4 Å². The highest BCUT2D eigenvalue weighted by atomic mass is 35.5. The summed E-state index contributed by atoms with van der Waals surface area (Å²) in [6.07, 6.45) is 4.03. The lowest BCUT2D eigenvalue weighted by Crippen LogP contribution is -2.38. The molecule has 1 heterocycles. The summed E-state index contributed by atoms with van der Waals surface area (Å²) in [4.78, 5) is 2.68. The van der Waals surface area contributed by atoms with E-state index in [1.54, 1.807) is 0 Å². The maximum atomic E-state index is 6.22. The van der Waals surface area contributed by atoms with E-state index in [0.29, 0.717) is 0 Å². The first-order valence-corrected chi connectivity index (χ1v) is 7.33. The second kappa shape index (κ2) is 5.20. The van der Waals surface area contributed by atoms with Gasteiger partial charge in [-0.3, -0.25) is 4.90 Å². The molecule has 1 aromatic rings. The van der Waals surface area contributed by atoms with Crippen LogP contribution in [0.25, 0.3) is 0 Å². The summed E-state index contributed by atoms with van der Waals surface area (Å²) in [5, 5.41) is 4.37. The lowest BCUT2D eigenvalue weighted by molar-refractivity contribution is 0.189. The van der Waals surface area contributed by atoms with Gasteiger partial charge >= 0.3 is 0 Å². The molecule has 0 radical (unpaired) electrons. The largest absolute Gasteiger partial charge is 0.315 e. The highest BCUT2D eigenvalue weighted by molar-refractivity contribution is 6.31. The van der Waals surface area contributed by atoms with Crippen LogP contribution in [-0.2, 0) is 6.54 Å². The fourth-order valence-electron chi connectivity index (χ4n) is 2.83. The van der Waals surface area contributed by atoms with Crippen LogP contribution in [0.15, 0.2) is 18.2 Å². The molecule has 2 aliphatic rings. The maximum Gasteiger partial charge on any atom is 0.0438 e. The van der Waals surface area contributed by atoms with Crippen molar-refractivity contribution >= 4 is 11.6 Å². The van der Waals surface area contributed by atoms with Crippen LogP contribution in [-0.4, -0.2) is 30.1 Å². The highest BCUT2D eigenvalue weighted by Gasteiger charge is 2.34. The predicted octanol–water partition coefficient (Wildman–Crippen LogP) is 2.97. The number of halogens is 1. The van der Waals surface area contributed by atoms with Crippen molar-refractivity contribution < 1.29 is 0 Å². The molecule has 1 saturated heterocycles. The quantitative estimate of drug-likeness (QED) is 0.900. The normalized spacial score (nSPS) is 23.8. The average Bonchev–Trinajstić information content (AvgIpc) is 3.05. The molecule has 3 heteroatoms. The molecule has 3 rings (SSSR count). The molecule has 1 saturated carbocycles. The van der Waals surface area contributed by atoms with Crippen LogP contribution in [0.5, 0.6) is 0 Å². The fourth-order valence-corrected chi connectivity index (χ4v) is 3.03. The van der Waals surface area contributed by atoms with Crippen molar-refractivity contribution in [2.75, 3.05) is 13.1 Å². The van der Waals surface area contributed by atoms with Gasteiger partial charge in [0.2, 0.25) is 0 Å². The molecule has 0 aromatic heterocycles. The van der Waals surface area contributed by atoms with Gasteiger partial charge in [0, 0.05) is 30.2 Å². The minimum atomic E-state index is 0.720. The number of rotatable bonds is 4. The van der Waals surface area contributed by atoms with E-state index in [1.807, 2.05) is 0 Å². The minimum absolute atomic E-state index is 0.720. The predicted molar refractivity (Wildman–Crippen MR) is 76.0 cm³/mol. The Labute approximate surface area is 114 Å². The molecule has 1 aliphatic heterocycles. The highest BCUT2D eigenvalue weighted by Crippen LogP contribution is 2.32. The molecule has 1 aromatic carbocycles. The second-order valence-corrected chi connectivity index (χ2v) is 6.04. The van der Waals surface area contributed by atoms with E-state index in [2.05, 4.69) is 35.3 Å². The van der Waals surface area contributed by atoms with Crippen LogP contribution in [0.2, 0.25) is 5.02 Å².